The normalized spacial score (nSPS) is 19.3. The molecule has 0 radical (unpaired) electrons. The Bertz CT molecular complexity index is 587. The van der Waals surface area contributed by atoms with Gasteiger partial charge in [0.15, 0.2) is 11.5 Å². The van der Waals surface area contributed by atoms with Gasteiger partial charge in [-0.3, -0.25) is 4.40 Å². The van der Waals surface area contributed by atoms with E-state index in [0.29, 0.717) is 11.2 Å². The average molecular weight is 247 g/mol. The van der Waals surface area contributed by atoms with Gasteiger partial charge in [-0.25, -0.2) is 4.79 Å². The molecule has 1 saturated heterocycles. The second kappa shape index (κ2) is 4.38. The number of carbonyl (C=O) groups is 1. The maximum Gasteiger partial charge on any atom is 0.339 e. The van der Waals surface area contributed by atoms with Crippen molar-refractivity contribution in [2.45, 2.75) is 18.9 Å². The smallest absolute Gasteiger partial charge is 0.339 e. The summed E-state index contributed by atoms with van der Waals surface area (Å²) in [6, 6.07) is 3.42. The van der Waals surface area contributed by atoms with Crippen LogP contribution in [0, 0.1) is 0 Å². The van der Waals surface area contributed by atoms with Crippen molar-refractivity contribution < 1.29 is 14.3 Å². The highest BCUT2D eigenvalue weighted by molar-refractivity contribution is 5.89. The molecule has 1 unspecified atom stereocenters. The zero-order valence-electron chi connectivity index (χ0n) is 10.00. The van der Waals surface area contributed by atoms with Crippen molar-refractivity contribution in [1.29, 1.82) is 0 Å². The third-order valence-electron chi connectivity index (χ3n) is 3.07. The van der Waals surface area contributed by atoms with E-state index in [4.69, 9.17) is 9.47 Å². The molecule has 3 heterocycles. The van der Waals surface area contributed by atoms with Crippen LogP contribution in [0.3, 0.4) is 0 Å². The van der Waals surface area contributed by atoms with Crippen molar-refractivity contribution in [1.82, 2.24) is 14.6 Å². The van der Waals surface area contributed by atoms with E-state index in [0.717, 1.165) is 25.3 Å². The molecule has 0 amide bonds. The Morgan fingerprint density at radius 1 is 1.50 bits per heavy atom. The molecule has 0 aromatic carbocycles. The molecule has 1 aliphatic rings. The average Bonchev–Trinajstić information content (AvgIpc) is 3.05. The molecule has 3 rings (SSSR count). The maximum absolute atomic E-state index is 11.5. The molecule has 6 nitrogen and oxygen atoms in total. The minimum Gasteiger partial charge on any atom is -0.465 e. The molecule has 0 aliphatic carbocycles. The van der Waals surface area contributed by atoms with Gasteiger partial charge >= 0.3 is 5.97 Å². The van der Waals surface area contributed by atoms with E-state index in [1.807, 2.05) is 0 Å². The van der Waals surface area contributed by atoms with E-state index in [1.54, 1.807) is 22.7 Å². The Kier molecular flexibility index (Phi) is 2.71. The minimum atomic E-state index is -0.371. The number of ether oxygens (including phenoxy) is 2. The van der Waals surface area contributed by atoms with Gasteiger partial charge < -0.3 is 9.47 Å². The first-order chi connectivity index (χ1) is 8.79. The summed E-state index contributed by atoms with van der Waals surface area (Å²) in [5.74, 6) is 0.372. The number of carbonyl (C=O) groups excluding carboxylic acids is 1. The van der Waals surface area contributed by atoms with Crippen LogP contribution in [0.25, 0.3) is 5.65 Å². The van der Waals surface area contributed by atoms with Crippen LogP contribution in [-0.2, 0) is 9.47 Å². The van der Waals surface area contributed by atoms with E-state index >= 15 is 0 Å². The molecule has 94 valence electrons. The summed E-state index contributed by atoms with van der Waals surface area (Å²) >= 11 is 0. The number of methoxy groups -OCH3 is 1. The molecule has 0 spiro atoms. The Morgan fingerprint density at radius 3 is 3.11 bits per heavy atom. The lowest BCUT2D eigenvalue weighted by atomic mass is 10.2. The van der Waals surface area contributed by atoms with Crippen molar-refractivity contribution in [2.75, 3.05) is 13.7 Å². The lowest BCUT2D eigenvalue weighted by Crippen LogP contribution is -2.06. The molecule has 1 aliphatic heterocycles. The highest BCUT2D eigenvalue weighted by Crippen LogP contribution is 2.27. The van der Waals surface area contributed by atoms with Crippen LogP contribution >= 0.6 is 0 Å². The summed E-state index contributed by atoms with van der Waals surface area (Å²) in [4.78, 5) is 11.5. The van der Waals surface area contributed by atoms with Gasteiger partial charge in [0.25, 0.3) is 0 Å². The Hall–Kier alpha value is -1.95. The number of fused-ring (bicyclic) bond motifs is 1. The number of hydrogen-bond acceptors (Lipinski definition) is 5. The van der Waals surface area contributed by atoms with Crippen LogP contribution < -0.4 is 0 Å². The van der Waals surface area contributed by atoms with Crippen molar-refractivity contribution >= 4 is 11.6 Å². The predicted octanol–water partition coefficient (Wildman–Crippen LogP) is 1.37. The third kappa shape index (κ3) is 1.74. The van der Waals surface area contributed by atoms with E-state index in [9.17, 15) is 4.79 Å². The zero-order chi connectivity index (χ0) is 12.5. The van der Waals surface area contributed by atoms with Crippen molar-refractivity contribution in [3.63, 3.8) is 0 Å². The second-order valence-electron chi connectivity index (χ2n) is 4.20. The lowest BCUT2D eigenvalue weighted by Gasteiger charge is -2.07. The van der Waals surface area contributed by atoms with Gasteiger partial charge in [0.1, 0.15) is 6.10 Å². The quantitative estimate of drug-likeness (QED) is 0.750. The monoisotopic (exact) mass is 247 g/mol. The molecule has 0 bridgehead atoms. The van der Waals surface area contributed by atoms with Gasteiger partial charge in [0, 0.05) is 12.8 Å². The molecular formula is C12H13N3O3. The summed E-state index contributed by atoms with van der Waals surface area (Å²) in [6.45, 7) is 0.746. The fourth-order valence-corrected chi connectivity index (χ4v) is 2.15. The summed E-state index contributed by atoms with van der Waals surface area (Å²) in [5.41, 5.74) is 1.18. The summed E-state index contributed by atoms with van der Waals surface area (Å²) in [7, 11) is 1.36. The minimum absolute atomic E-state index is 0.0344. The van der Waals surface area contributed by atoms with Gasteiger partial charge in [0.05, 0.1) is 12.7 Å². The SMILES string of the molecule is COC(=O)c1ccc2nnc(C3CCCO3)n2c1. The van der Waals surface area contributed by atoms with Gasteiger partial charge in [-0.15, -0.1) is 10.2 Å². The summed E-state index contributed by atoms with van der Waals surface area (Å²) < 4.78 is 12.1. The Labute approximate surface area is 104 Å². The standard InChI is InChI=1S/C12H13N3O3/c1-17-12(16)8-4-5-10-13-14-11(15(10)7-8)9-3-2-6-18-9/h4-5,7,9H,2-3,6H2,1H3. The lowest BCUT2D eigenvalue weighted by molar-refractivity contribution is 0.0599. The molecule has 1 fully saturated rings. The van der Waals surface area contributed by atoms with E-state index < -0.39 is 0 Å². The van der Waals surface area contributed by atoms with Crippen molar-refractivity contribution in [3.8, 4) is 0 Å². The zero-order valence-corrected chi connectivity index (χ0v) is 10.00. The molecular weight excluding hydrogens is 234 g/mol. The highest BCUT2D eigenvalue weighted by atomic mass is 16.5. The summed E-state index contributed by atoms with van der Waals surface area (Å²) in [5, 5.41) is 8.21. The van der Waals surface area contributed by atoms with Gasteiger partial charge in [-0.1, -0.05) is 0 Å². The number of aromatic nitrogens is 3. The van der Waals surface area contributed by atoms with Gasteiger partial charge in [0.2, 0.25) is 0 Å². The highest BCUT2D eigenvalue weighted by Gasteiger charge is 2.23. The van der Waals surface area contributed by atoms with Crippen LogP contribution in [0.5, 0.6) is 0 Å². The van der Waals surface area contributed by atoms with Crippen LogP contribution in [0.1, 0.15) is 35.1 Å². The Balaban J connectivity index is 2.07. The third-order valence-corrected chi connectivity index (χ3v) is 3.07. The number of rotatable bonds is 2. The van der Waals surface area contributed by atoms with Crippen molar-refractivity contribution in [3.05, 3.63) is 29.7 Å². The molecule has 6 heteroatoms. The predicted molar refractivity (Wildman–Crippen MR) is 62.3 cm³/mol. The van der Waals surface area contributed by atoms with Crippen molar-refractivity contribution in [2.24, 2.45) is 0 Å². The number of hydrogen-bond donors (Lipinski definition) is 0. The van der Waals surface area contributed by atoms with Crippen LogP contribution in [0.4, 0.5) is 0 Å². The topological polar surface area (TPSA) is 65.7 Å². The molecule has 2 aromatic heterocycles. The maximum atomic E-state index is 11.5. The molecule has 0 N–H and O–H groups in total. The Morgan fingerprint density at radius 2 is 2.39 bits per heavy atom. The second-order valence-corrected chi connectivity index (χ2v) is 4.20. The summed E-state index contributed by atoms with van der Waals surface area (Å²) in [6.07, 6.45) is 3.62. The van der Waals surface area contributed by atoms with E-state index in [1.165, 1.54) is 7.11 Å². The number of nitrogens with zero attached hydrogens (tertiary/aromatic N) is 3. The van der Waals surface area contributed by atoms with Crippen LogP contribution in [0.15, 0.2) is 18.3 Å². The number of esters is 1. The molecule has 1 atom stereocenters. The largest absolute Gasteiger partial charge is 0.465 e. The molecule has 0 saturated carbocycles. The molecule has 18 heavy (non-hydrogen) atoms. The van der Waals surface area contributed by atoms with Crippen LogP contribution in [0.2, 0.25) is 0 Å². The first kappa shape index (κ1) is 11.2. The first-order valence-corrected chi connectivity index (χ1v) is 5.84. The molecule has 2 aromatic rings. The van der Waals surface area contributed by atoms with E-state index in [2.05, 4.69) is 10.2 Å². The van der Waals surface area contributed by atoms with Gasteiger partial charge in [-0.2, -0.15) is 0 Å². The van der Waals surface area contributed by atoms with Gasteiger partial charge in [-0.05, 0) is 25.0 Å². The van der Waals surface area contributed by atoms with Crippen LogP contribution in [-0.4, -0.2) is 34.3 Å². The van der Waals surface area contributed by atoms with E-state index in [-0.39, 0.29) is 12.1 Å². The first-order valence-electron chi connectivity index (χ1n) is 5.84. The fourth-order valence-electron chi connectivity index (χ4n) is 2.15. The number of pyridine rings is 1. The fraction of sp³-hybridized carbons (Fsp3) is 0.417.